The lowest BCUT2D eigenvalue weighted by Crippen LogP contribution is -2.21. The maximum Gasteiger partial charge on any atom is 0.224 e. The highest BCUT2D eigenvalue weighted by Gasteiger charge is 2.24. The third-order valence-corrected chi connectivity index (χ3v) is 5.13. The van der Waals surface area contributed by atoms with Crippen molar-refractivity contribution in [3.63, 3.8) is 0 Å². The molecule has 1 saturated carbocycles. The predicted molar refractivity (Wildman–Crippen MR) is 97.3 cm³/mol. The van der Waals surface area contributed by atoms with E-state index in [-0.39, 0.29) is 17.5 Å². The molecular weight excluding hydrogens is 336 g/mol. The molecule has 0 aromatic heterocycles. The maximum absolute atomic E-state index is 13.6. The Bertz CT molecular complexity index is 753. The Kier molecular flexibility index (Phi) is 5.86. The quantitative estimate of drug-likeness (QED) is 0.789. The van der Waals surface area contributed by atoms with Gasteiger partial charge in [0.1, 0.15) is 5.75 Å². The molecule has 5 heteroatoms. The Balaban J connectivity index is 1.50. The highest BCUT2D eigenvalue weighted by molar-refractivity contribution is 5.90. The zero-order chi connectivity index (χ0) is 18.5. The zero-order valence-corrected chi connectivity index (χ0v) is 14.8. The van der Waals surface area contributed by atoms with E-state index < -0.39 is 11.6 Å². The van der Waals surface area contributed by atoms with E-state index in [1.165, 1.54) is 17.7 Å². The Labute approximate surface area is 152 Å². The zero-order valence-electron chi connectivity index (χ0n) is 14.8. The van der Waals surface area contributed by atoms with Crippen molar-refractivity contribution in [2.45, 2.75) is 38.0 Å². The molecule has 0 atom stereocenters. The van der Waals surface area contributed by atoms with E-state index >= 15 is 0 Å². The Morgan fingerprint density at radius 2 is 1.77 bits per heavy atom. The molecule has 1 aliphatic carbocycles. The van der Waals surface area contributed by atoms with E-state index in [0.717, 1.165) is 37.5 Å². The fraction of sp³-hybridized carbons (Fsp3) is 0.381. The largest absolute Gasteiger partial charge is 0.497 e. The van der Waals surface area contributed by atoms with Gasteiger partial charge in [-0.05, 0) is 67.3 Å². The lowest BCUT2D eigenvalue weighted by molar-refractivity contribution is -0.117. The van der Waals surface area contributed by atoms with Crippen LogP contribution in [-0.4, -0.2) is 13.0 Å². The van der Waals surface area contributed by atoms with Crippen LogP contribution in [0.1, 0.15) is 43.6 Å². The first-order valence-corrected chi connectivity index (χ1v) is 8.94. The van der Waals surface area contributed by atoms with Crippen molar-refractivity contribution >= 4 is 11.6 Å². The summed E-state index contributed by atoms with van der Waals surface area (Å²) in [5, 5.41) is 2.49. The number of hydrogen-bond acceptors (Lipinski definition) is 2. The van der Waals surface area contributed by atoms with Gasteiger partial charge in [0.2, 0.25) is 5.91 Å². The number of halogens is 2. The van der Waals surface area contributed by atoms with Crippen molar-refractivity contribution in [3.05, 3.63) is 59.7 Å². The minimum Gasteiger partial charge on any atom is -0.497 e. The van der Waals surface area contributed by atoms with Crippen molar-refractivity contribution < 1.29 is 18.3 Å². The van der Waals surface area contributed by atoms with Gasteiger partial charge in [0, 0.05) is 6.42 Å². The van der Waals surface area contributed by atoms with Crippen LogP contribution in [0.15, 0.2) is 42.5 Å². The molecule has 3 nitrogen and oxygen atoms in total. The molecule has 0 spiro atoms. The molecule has 2 aromatic rings. The van der Waals surface area contributed by atoms with E-state index in [9.17, 15) is 13.6 Å². The predicted octanol–water partition coefficient (Wildman–Crippen LogP) is 5.28. The molecule has 1 N–H and O–H groups in total. The highest BCUT2D eigenvalue weighted by atomic mass is 19.2. The summed E-state index contributed by atoms with van der Waals surface area (Å²) in [5.74, 6) is -0.597. The first-order valence-electron chi connectivity index (χ1n) is 8.94. The summed E-state index contributed by atoms with van der Waals surface area (Å²) >= 11 is 0. The first kappa shape index (κ1) is 18.4. The third kappa shape index (κ3) is 4.40. The van der Waals surface area contributed by atoms with Gasteiger partial charge in [0.25, 0.3) is 0 Å². The highest BCUT2D eigenvalue weighted by Crippen LogP contribution is 2.37. The van der Waals surface area contributed by atoms with Crippen molar-refractivity contribution in [1.29, 1.82) is 0 Å². The van der Waals surface area contributed by atoms with E-state index in [1.807, 2.05) is 12.1 Å². The molecule has 26 heavy (non-hydrogen) atoms. The average molecular weight is 359 g/mol. The normalized spacial score (nSPS) is 19.8. The number of amides is 1. The van der Waals surface area contributed by atoms with Gasteiger partial charge in [-0.25, -0.2) is 8.78 Å². The van der Waals surface area contributed by atoms with E-state index in [1.54, 1.807) is 7.11 Å². The van der Waals surface area contributed by atoms with Crippen molar-refractivity contribution in [2.24, 2.45) is 5.92 Å². The summed E-state index contributed by atoms with van der Waals surface area (Å²) < 4.78 is 32.0. The lowest BCUT2D eigenvalue weighted by Gasteiger charge is -2.28. The molecule has 0 bridgehead atoms. The van der Waals surface area contributed by atoms with E-state index in [2.05, 4.69) is 17.4 Å². The molecule has 0 radical (unpaired) electrons. The fourth-order valence-corrected chi connectivity index (χ4v) is 3.64. The molecule has 3 rings (SSSR count). The second-order valence-corrected chi connectivity index (χ2v) is 6.84. The topological polar surface area (TPSA) is 38.3 Å². The number of carbonyl (C=O) groups is 1. The molecule has 138 valence electrons. The Morgan fingerprint density at radius 3 is 2.42 bits per heavy atom. The molecule has 0 aliphatic heterocycles. The van der Waals surface area contributed by atoms with Crippen LogP contribution in [0.4, 0.5) is 14.5 Å². The third-order valence-electron chi connectivity index (χ3n) is 5.13. The van der Waals surface area contributed by atoms with Gasteiger partial charge < -0.3 is 10.1 Å². The number of methoxy groups -OCH3 is 1. The van der Waals surface area contributed by atoms with Crippen molar-refractivity contribution in [3.8, 4) is 5.75 Å². The molecule has 1 fully saturated rings. The summed E-state index contributed by atoms with van der Waals surface area (Å²) in [6.07, 6.45) is 4.30. The van der Waals surface area contributed by atoms with E-state index in [4.69, 9.17) is 4.74 Å². The number of benzene rings is 2. The molecule has 0 heterocycles. The monoisotopic (exact) mass is 359 g/mol. The number of rotatable bonds is 5. The summed E-state index contributed by atoms with van der Waals surface area (Å²) in [6.45, 7) is 0. The smallest absolute Gasteiger partial charge is 0.224 e. The number of carbonyl (C=O) groups excluding carboxylic acids is 1. The minimum atomic E-state index is -1.01. The van der Waals surface area contributed by atoms with Crippen LogP contribution in [0.5, 0.6) is 5.75 Å². The van der Waals surface area contributed by atoms with Gasteiger partial charge in [0.05, 0.1) is 12.8 Å². The van der Waals surface area contributed by atoms with Gasteiger partial charge in [0.15, 0.2) is 11.6 Å². The van der Waals surface area contributed by atoms with Crippen LogP contribution in [0.25, 0.3) is 0 Å². The molecular formula is C21H23F2NO2. The molecule has 0 saturated heterocycles. The summed E-state index contributed by atoms with van der Waals surface area (Å²) in [7, 11) is 1.65. The minimum absolute atomic E-state index is 0.0954. The van der Waals surface area contributed by atoms with Crippen LogP contribution >= 0.6 is 0 Å². The van der Waals surface area contributed by atoms with Crippen LogP contribution < -0.4 is 10.1 Å². The summed E-state index contributed by atoms with van der Waals surface area (Å²) in [5.41, 5.74) is 1.21. The molecule has 2 aromatic carbocycles. The van der Waals surface area contributed by atoms with Gasteiger partial charge in [-0.2, -0.15) is 0 Å². The molecule has 0 unspecified atom stereocenters. The van der Waals surface area contributed by atoms with Gasteiger partial charge in [-0.3, -0.25) is 4.79 Å². The van der Waals surface area contributed by atoms with Crippen LogP contribution in [0, 0.1) is 17.6 Å². The second-order valence-electron chi connectivity index (χ2n) is 6.84. The number of hydrogen-bond donors (Lipinski definition) is 1. The van der Waals surface area contributed by atoms with Crippen LogP contribution in [0.3, 0.4) is 0 Å². The van der Waals surface area contributed by atoms with Crippen LogP contribution in [0.2, 0.25) is 0 Å². The second kappa shape index (κ2) is 8.30. The summed E-state index contributed by atoms with van der Waals surface area (Å²) in [4.78, 5) is 12.2. The van der Waals surface area contributed by atoms with Gasteiger partial charge in [-0.1, -0.05) is 18.2 Å². The standard InChI is InChI=1S/C21H23F2NO2/c1-26-17-11-9-16(10-12-17)15-7-5-14(6-8-15)13-20(25)24-19-4-2-3-18(22)21(19)23/h2-4,9-12,14-15H,5-8,13H2,1H3,(H,24,25). The van der Waals surface area contributed by atoms with E-state index in [0.29, 0.717) is 12.3 Å². The molecule has 1 aliphatic rings. The van der Waals surface area contributed by atoms with Gasteiger partial charge >= 0.3 is 0 Å². The fourth-order valence-electron chi connectivity index (χ4n) is 3.64. The Morgan fingerprint density at radius 1 is 1.08 bits per heavy atom. The van der Waals surface area contributed by atoms with Crippen molar-refractivity contribution in [2.75, 3.05) is 12.4 Å². The van der Waals surface area contributed by atoms with Crippen molar-refractivity contribution in [1.82, 2.24) is 0 Å². The number of ether oxygens (including phenoxy) is 1. The average Bonchev–Trinajstić information content (AvgIpc) is 2.66. The first-order chi connectivity index (χ1) is 12.6. The lowest BCUT2D eigenvalue weighted by atomic mass is 9.77. The van der Waals surface area contributed by atoms with Gasteiger partial charge in [-0.15, -0.1) is 0 Å². The Hall–Kier alpha value is -2.43. The number of anilines is 1. The maximum atomic E-state index is 13.6. The summed E-state index contributed by atoms with van der Waals surface area (Å²) in [6, 6.07) is 11.9. The van der Waals surface area contributed by atoms with Crippen LogP contribution in [-0.2, 0) is 4.79 Å². The number of nitrogens with one attached hydrogen (secondary N) is 1. The molecule has 1 amide bonds. The SMILES string of the molecule is COc1ccc(C2CCC(CC(=O)Nc3cccc(F)c3F)CC2)cc1.